The molecule has 0 aromatic rings. The van der Waals surface area contributed by atoms with E-state index in [4.69, 9.17) is 14.6 Å². The molecule has 1 spiro atoms. The molecule has 3 rings (SSSR count). The Morgan fingerprint density at radius 2 is 2.33 bits per heavy atom. The van der Waals surface area contributed by atoms with E-state index in [1.54, 1.807) is 0 Å². The number of carbonyl (C=O) groups excluding carboxylic acids is 1. The van der Waals surface area contributed by atoms with Crippen molar-refractivity contribution < 1.29 is 24.2 Å². The molecule has 15 heavy (non-hydrogen) atoms. The van der Waals surface area contributed by atoms with Gasteiger partial charge in [-0.3, -0.25) is 9.59 Å². The van der Waals surface area contributed by atoms with Crippen molar-refractivity contribution in [2.45, 2.75) is 31.0 Å². The normalized spacial score (nSPS) is 47.5. The summed E-state index contributed by atoms with van der Waals surface area (Å²) >= 11 is 0. The Bertz CT molecular complexity index is 339. The second kappa shape index (κ2) is 2.72. The van der Waals surface area contributed by atoms with Crippen molar-refractivity contribution in [1.82, 2.24) is 0 Å². The van der Waals surface area contributed by atoms with Gasteiger partial charge in [0.2, 0.25) is 0 Å². The lowest BCUT2D eigenvalue weighted by atomic mass is 9.69. The number of carbonyl (C=O) groups is 2. The van der Waals surface area contributed by atoms with Crippen molar-refractivity contribution >= 4 is 11.9 Å². The van der Waals surface area contributed by atoms with Gasteiger partial charge in [0.15, 0.2) is 0 Å². The monoisotopic (exact) mass is 212 g/mol. The molecule has 2 bridgehead atoms. The van der Waals surface area contributed by atoms with Gasteiger partial charge in [-0.25, -0.2) is 0 Å². The molecule has 4 atom stereocenters. The lowest BCUT2D eigenvalue weighted by Crippen LogP contribution is -2.49. The zero-order chi connectivity index (χ0) is 10.6. The quantitative estimate of drug-likeness (QED) is 0.628. The Labute approximate surface area is 86.4 Å². The maximum atomic E-state index is 11.2. The van der Waals surface area contributed by atoms with E-state index in [1.165, 1.54) is 0 Å². The van der Waals surface area contributed by atoms with Gasteiger partial charge in [0, 0.05) is 5.92 Å². The van der Waals surface area contributed by atoms with E-state index in [2.05, 4.69) is 0 Å². The first-order chi connectivity index (χ1) is 7.12. The molecule has 0 aliphatic carbocycles. The van der Waals surface area contributed by atoms with Gasteiger partial charge in [-0.1, -0.05) is 0 Å². The SMILES string of the molecule is O=C1C[C@@H]2[C@H](C(=O)O)[C@@H]3CC[C@]2(CO1)O3. The van der Waals surface area contributed by atoms with Gasteiger partial charge in [0.25, 0.3) is 0 Å². The molecule has 3 aliphatic heterocycles. The summed E-state index contributed by atoms with van der Waals surface area (Å²) in [4.78, 5) is 22.3. The summed E-state index contributed by atoms with van der Waals surface area (Å²) in [6.07, 6.45) is 1.56. The van der Waals surface area contributed by atoms with Crippen LogP contribution < -0.4 is 0 Å². The van der Waals surface area contributed by atoms with Gasteiger partial charge in [0.1, 0.15) is 12.2 Å². The van der Waals surface area contributed by atoms with E-state index in [-0.39, 0.29) is 31.0 Å². The van der Waals surface area contributed by atoms with Gasteiger partial charge >= 0.3 is 11.9 Å². The first kappa shape index (κ1) is 9.15. The third kappa shape index (κ3) is 1.07. The van der Waals surface area contributed by atoms with Gasteiger partial charge in [-0.05, 0) is 12.8 Å². The predicted octanol–water partition coefficient (Wildman–Crippen LogP) is 0.182. The molecular weight excluding hydrogens is 200 g/mol. The van der Waals surface area contributed by atoms with Crippen LogP contribution in [0.25, 0.3) is 0 Å². The van der Waals surface area contributed by atoms with Crippen molar-refractivity contribution in [3.63, 3.8) is 0 Å². The minimum atomic E-state index is -0.846. The third-order valence-electron chi connectivity index (χ3n) is 3.90. The minimum Gasteiger partial charge on any atom is -0.481 e. The van der Waals surface area contributed by atoms with E-state index in [0.29, 0.717) is 0 Å². The summed E-state index contributed by atoms with van der Waals surface area (Å²) in [7, 11) is 0. The Morgan fingerprint density at radius 3 is 3.07 bits per heavy atom. The molecule has 1 N–H and O–H groups in total. The average Bonchev–Trinajstić information content (AvgIpc) is 2.70. The first-order valence-corrected chi connectivity index (χ1v) is 5.19. The number of aliphatic carboxylic acids is 1. The molecule has 0 saturated carbocycles. The van der Waals surface area contributed by atoms with Crippen LogP contribution in [0, 0.1) is 11.8 Å². The molecule has 0 unspecified atom stereocenters. The summed E-state index contributed by atoms with van der Waals surface area (Å²) in [6.45, 7) is 0.233. The molecule has 3 fully saturated rings. The van der Waals surface area contributed by atoms with E-state index in [1.807, 2.05) is 0 Å². The number of carboxylic acids is 1. The second-order valence-corrected chi connectivity index (χ2v) is 4.60. The second-order valence-electron chi connectivity index (χ2n) is 4.60. The van der Waals surface area contributed by atoms with Gasteiger partial charge in [-0.15, -0.1) is 0 Å². The maximum absolute atomic E-state index is 11.2. The number of hydrogen-bond acceptors (Lipinski definition) is 4. The van der Waals surface area contributed by atoms with Crippen molar-refractivity contribution in [3.05, 3.63) is 0 Å². The van der Waals surface area contributed by atoms with Gasteiger partial charge in [0.05, 0.1) is 18.4 Å². The van der Waals surface area contributed by atoms with Crippen molar-refractivity contribution in [2.24, 2.45) is 11.8 Å². The van der Waals surface area contributed by atoms with E-state index >= 15 is 0 Å². The van der Waals surface area contributed by atoms with Crippen LogP contribution in [0.5, 0.6) is 0 Å². The standard InChI is InChI=1S/C10H12O5/c11-7-3-5-8(9(12)13)6-1-2-10(5,15-6)4-14-7/h5-6,8H,1-4H2,(H,12,13)/t5-,6+,8+,10-/m1/s1. The van der Waals surface area contributed by atoms with Crippen molar-refractivity contribution in [3.8, 4) is 0 Å². The molecule has 0 aromatic heterocycles. The summed E-state index contributed by atoms with van der Waals surface area (Å²) in [5.41, 5.74) is -0.484. The zero-order valence-electron chi connectivity index (χ0n) is 8.14. The fourth-order valence-corrected chi connectivity index (χ4v) is 3.22. The topological polar surface area (TPSA) is 72.8 Å². The molecule has 5 heteroatoms. The van der Waals surface area contributed by atoms with Crippen LogP contribution in [0.15, 0.2) is 0 Å². The fraction of sp³-hybridized carbons (Fsp3) is 0.800. The smallest absolute Gasteiger partial charge is 0.309 e. The van der Waals surface area contributed by atoms with E-state index in [9.17, 15) is 9.59 Å². The average molecular weight is 212 g/mol. The van der Waals surface area contributed by atoms with Crippen molar-refractivity contribution in [2.75, 3.05) is 6.61 Å². The van der Waals surface area contributed by atoms with Gasteiger partial charge in [-0.2, -0.15) is 0 Å². The van der Waals surface area contributed by atoms with Crippen LogP contribution in [-0.4, -0.2) is 35.4 Å². The zero-order valence-corrected chi connectivity index (χ0v) is 8.14. The molecule has 0 amide bonds. The van der Waals surface area contributed by atoms with Gasteiger partial charge < -0.3 is 14.6 Å². The fourth-order valence-electron chi connectivity index (χ4n) is 3.22. The third-order valence-corrected chi connectivity index (χ3v) is 3.90. The van der Waals surface area contributed by atoms with Crippen LogP contribution in [-0.2, 0) is 19.1 Å². The molecule has 3 aliphatic rings. The maximum Gasteiger partial charge on any atom is 0.309 e. The van der Waals surface area contributed by atoms with E-state index in [0.717, 1.165) is 12.8 Å². The highest BCUT2D eigenvalue weighted by Gasteiger charge is 2.64. The molecule has 0 aromatic carbocycles. The summed E-state index contributed by atoms with van der Waals surface area (Å²) in [6, 6.07) is 0. The highest BCUT2D eigenvalue weighted by Crippen LogP contribution is 2.54. The Balaban J connectivity index is 1.95. The van der Waals surface area contributed by atoms with Crippen LogP contribution in [0.4, 0.5) is 0 Å². The number of fused-ring (bicyclic) bond motifs is 1. The van der Waals surface area contributed by atoms with E-state index < -0.39 is 17.5 Å². The lowest BCUT2D eigenvalue weighted by molar-refractivity contribution is -0.167. The number of cyclic esters (lactones) is 1. The molecule has 82 valence electrons. The van der Waals surface area contributed by atoms with Crippen LogP contribution >= 0.6 is 0 Å². The highest BCUT2D eigenvalue weighted by atomic mass is 16.6. The molecule has 3 heterocycles. The Kier molecular flexibility index (Phi) is 1.66. The number of rotatable bonds is 1. The van der Waals surface area contributed by atoms with Crippen LogP contribution in [0.3, 0.4) is 0 Å². The molecule has 3 saturated heterocycles. The lowest BCUT2D eigenvalue weighted by Gasteiger charge is -2.37. The summed E-state index contributed by atoms with van der Waals surface area (Å²) in [5.74, 6) is -1.85. The van der Waals surface area contributed by atoms with Crippen molar-refractivity contribution in [1.29, 1.82) is 0 Å². The first-order valence-electron chi connectivity index (χ1n) is 5.19. The molecule has 5 nitrogen and oxygen atoms in total. The summed E-state index contributed by atoms with van der Waals surface area (Å²) < 4.78 is 10.7. The predicted molar refractivity (Wildman–Crippen MR) is 47.0 cm³/mol. The summed E-state index contributed by atoms with van der Waals surface area (Å²) in [5, 5.41) is 9.13. The number of esters is 1. The number of ether oxygens (including phenoxy) is 2. The highest BCUT2D eigenvalue weighted by molar-refractivity contribution is 5.76. The minimum absolute atomic E-state index is 0.185. The Hall–Kier alpha value is -1.10. The van der Waals surface area contributed by atoms with Crippen LogP contribution in [0.2, 0.25) is 0 Å². The molecule has 0 radical (unpaired) electrons. The Morgan fingerprint density at radius 1 is 1.53 bits per heavy atom. The largest absolute Gasteiger partial charge is 0.481 e. The van der Waals surface area contributed by atoms with Crippen LogP contribution in [0.1, 0.15) is 19.3 Å². The number of carboxylic acid groups (broad SMARTS) is 1. The molecular formula is C10H12O5. The number of hydrogen-bond donors (Lipinski definition) is 1.